The lowest BCUT2D eigenvalue weighted by Crippen LogP contribution is -2.14. The van der Waals surface area contributed by atoms with Crippen LogP contribution in [0, 0.1) is 0 Å². The van der Waals surface area contributed by atoms with Crippen LogP contribution in [-0.2, 0) is 0 Å². The van der Waals surface area contributed by atoms with Crippen LogP contribution in [0.2, 0.25) is 0 Å². The Balaban J connectivity index is 2.00. The van der Waals surface area contributed by atoms with E-state index in [0.29, 0.717) is 29.2 Å². The number of primary amides is 1. The summed E-state index contributed by atoms with van der Waals surface area (Å²) in [4.78, 5) is 23.6. The average Bonchev–Trinajstić information content (AvgIpc) is 2.62. The number of carbonyl (C=O) groups is 2. The van der Waals surface area contributed by atoms with Gasteiger partial charge in [-0.15, -0.1) is 0 Å². The number of rotatable bonds is 9. The maximum atomic E-state index is 12.5. The Morgan fingerprint density at radius 2 is 1.72 bits per heavy atom. The fourth-order valence-corrected chi connectivity index (χ4v) is 2.41. The molecule has 3 N–H and O–H groups in total. The molecule has 0 saturated carbocycles. The van der Waals surface area contributed by atoms with E-state index in [1.165, 1.54) is 12.8 Å². The Kier molecular flexibility index (Phi) is 7.01. The molecular weight excluding hydrogens is 316 g/mol. The zero-order chi connectivity index (χ0) is 18.1. The number of unbranched alkanes of at least 4 members (excludes halogenated alkanes) is 3. The van der Waals surface area contributed by atoms with Crippen molar-refractivity contribution in [3.05, 3.63) is 59.7 Å². The highest BCUT2D eigenvalue weighted by Crippen LogP contribution is 2.20. The molecule has 0 spiro atoms. The van der Waals surface area contributed by atoms with Crippen molar-refractivity contribution in [3.63, 3.8) is 0 Å². The minimum absolute atomic E-state index is 0.254. The second kappa shape index (κ2) is 9.47. The summed E-state index contributed by atoms with van der Waals surface area (Å²) in [6.45, 7) is 2.76. The van der Waals surface area contributed by atoms with Gasteiger partial charge in [0.05, 0.1) is 12.2 Å². The minimum atomic E-state index is -0.500. The van der Waals surface area contributed by atoms with Crippen molar-refractivity contribution >= 4 is 17.5 Å². The number of amides is 2. The molecule has 2 rings (SSSR count). The number of ether oxygens (including phenoxy) is 1. The van der Waals surface area contributed by atoms with Crippen LogP contribution in [0.3, 0.4) is 0 Å². The number of hydrogen-bond acceptors (Lipinski definition) is 3. The number of hydrogen-bond donors (Lipinski definition) is 2. The molecule has 2 aromatic carbocycles. The highest BCUT2D eigenvalue weighted by atomic mass is 16.5. The Labute approximate surface area is 148 Å². The van der Waals surface area contributed by atoms with Gasteiger partial charge in [-0.25, -0.2) is 0 Å². The van der Waals surface area contributed by atoms with Gasteiger partial charge in [0, 0.05) is 11.3 Å². The molecule has 0 bridgehead atoms. The summed E-state index contributed by atoms with van der Waals surface area (Å²) in [7, 11) is 0. The molecule has 132 valence electrons. The third kappa shape index (κ3) is 5.64. The van der Waals surface area contributed by atoms with Gasteiger partial charge in [0.15, 0.2) is 0 Å². The number of carbonyl (C=O) groups excluding carboxylic acids is 2. The minimum Gasteiger partial charge on any atom is -0.493 e. The molecule has 5 heteroatoms. The van der Waals surface area contributed by atoms with E-state index in [1.807, 2.05) is 6.07 Å². The van der Waals surface area contributed by atoms with Crippen molar-refractivity contribution in [1.29, 1.82) is 0 Å². The summed E-state index contributed by atoms with van der Waals surface area (Å²) in [6.07, 6.45) is 4.45. The number of nitrogens with two attached hydrogens (primary N) is 1. The van der Waals surface area contributed by atoms with Gasteiger partial charge in [0.25, 0.3) is 5.91 Å². The Bertz CT molecular complexity index is 711. The van der Waals surface area contributed by atoms with Crippen molar-refractivity contribution < 1.29 is 14.3 Å². The third-order valence-corrected chi connectivity index (χ3v) is 3.81. The molecule has 0 aromatic heterocycles. The van der Waals surface area contributed by atoms with Crippen LogP contribution in [0.1, 0.15) is 53.3 Å². The van der Waals surface area contributed by atoms with E-state index in [4.69, 9.17) is 10.5 Å². The first kappa shape index (κ1) is 18.5. The fraction of sp³-hybridized carbons (Fsp3) is 0.300. The topological polar surface area (TPSA) is 81.4 Å². The summed E-state index contributed by atoms with van der Waals surface area (Å²) in [5.41, 5.74) is 6.68. The number of nitrogens with one attached hydrogen (secondary N) is 1. The van der Waals surface area contributed by atoms with Gasteiger partial charge in [0.2, 0.25) is 5.91 Å². The molecule has 0 unspecified atom stereocenters. The predicted molar refractivity (Wildman–Crippen MR) is 99.0 cm³/mol. The second-order valence-electron chi connectivity index (χ2n) is 5.80. The Morgan fingerprint density at radius 3 is 2.40 bits per heavy atom. The molecule has 0 aliphatic rings. The first-order valence-corrected chi connectivity index (χ1v) is 8.55. The van der Waals surface area contributed by atoms with Crippen LogP contribution in [0.15, 0.2) is 48.5 Å². The van der Waals surface area contributed by atoms with Gasteiger partial charge in [-0.05, 0) is 42.8 Å². The van der Waals surface area contributed by atoms with E-state index < -0.39 is 5.91 Å². The zero-order valence-corrected chi connectivity index (χ0v) is 14.5. The number of benzene rings is 2. The predicted octanol–water partition coefficient (Wildman–Crippen LogP) is 4.00. The third-order valence-electron chi connectivity index (χ3n) is 3.81. The lowest BCUT2D eigenvalue weighted by molar-refractivity contribution is 0.0997. The van der Waals surface area contributed by atoms with Crippen molar-refractivity contribution in [2.75, 3.05) is 11.9 Å². The van der Waals surface area contributed by atoms with E-state index in [-0.39, 0.29) is 5.91 Å². The van der Waals surface area contributed by atoms with Gasteiger partial charge in [-0.1, -0.05) is 38.3 Å². The van der Waals surface area contributed by atoms with Crippen molar-refractivity contribution in [1.82, 2.24) is 0 Å². The summed E-state index contributed by atoms with van der Waals surface area (Å²) in [5, 5.41) is 2.80. The fourth-order valence-electron chi connectivity index (χ4n) is 2.41. The maximum Gasteiger partial charge on any atom is 0.259 e. The van der Waals surface area contributed by atoms with Gasteiger partial charge in [-0.3, -0.25) is 9.59 Å². The van der Waals surface area contributed by atoms with E-state index in [2.05, 4.69) is 12.2 Å². The van der Waals surface area contributed by atoms with Crippen molar-refractivity contribution in [2.24, 2.45) is 5.73 Å². The smallest absolute Gasteiger partial charge is 0.259 e. The van der Waals surface area contributed by atoms with Crippen LogP contribution in [0.4, 0.5) is 5.69 Å². The molecule has 0 saturated heterocycles. The van der Waals surface area contributed by atoms with E-state index >= 15 is 0 Å². The van der Waals surface area contributed by atoms with Gasteiger partial charge >= 0.3 is 0 Å². The molecule has 0 radical (unpaired) electrons. The van der Waals surface area contributed by atoms with Crippen LogP contribution < -0.4 is 15.8 Å². The lowest BCUT2D eigenvalue weighted by atomic mass is 10.1. The Hall–Kier alpha value is -2.82. The molecular formula is C20H24N2O3. The highest BCUT2D eigenvalue weighted by molar-refractivity contribution is 6.06. The lowest BCUT2D eigenvalue weighted by Gasteiger charge is -2.12. The highest BCUT2D eigenvalue weighted by Gasteiger charge is 2.12. The first-order valence-electron chi connectivity index (χ1n) is 8.55. The average molecular weight is 340 g/mol. The maximum absolute atomic E-state index is 12.5. The normalized spacial score (nSPS) is 10.3. The van der Waals surface area contributed by atoms with Gasteiger partial charge < -0.3 is 15.8 Å². The molecule has 0 heterocycles. The molecule has 2 amide bonds. The molecule has 5 nitrogen and oxygen atoms in total. The quantitative estimate of drug-likeness (QED) is 0.677. The summed E-state index contributed by atoms with van der Waals surface area (Å²) < 4.78 is 5.77. The van der Waals surface area contributed by atoms with E-state index in [0.717, 1.165) is 12.8 Å². The van der Waals surface area contributed by atoms with E-state index in [9.17, 15) is 9.59 Å². The summed E-state index contributed by atoms with van der Waals surface area (Å²) >= 11 is 0. The molecule has 0 atom stereocenters. The number of anilines is 1. The van der Waals surface area contributed by atoms with Crippen molar-refractivity contribution in [2.45, 2.75) is 32.6 Å². The van der Waals surface area contributed by atoms with Crippen LogP contribution in [0.5, 0.6) is 5.75 Å². The number of para-hydroxylation sites is 1. The van der Waals surface area contributed by atoms with Crippen LogP contribution in [0.25, 0.3) is 0 Å². The zero-order valence-electron chi connectivity index (χ0n) is 14.5. The second-order valence-corrected chi connectivity index (χ2v) is 5.80. The standard InChI is InChI=1S/C20H24N2O3/c1-2-3-4-7-14-25-18-9-6-5-8-17(18)20(24)22-16-12-10-15(11-13-16)19(21)23/h5-6,8-13H,2-4,7,14H2,1H3,(H2,21,23)(H,22,24). The molecule has 0 fully saturated rings. The van der Waals surface area contributed by atoms with Crippen LogP contribution >= 0.6 is 0 Å². The SMILES string of the molecule is CCCCCCOc1ccccc1C(=O)Nc1ccc(C(N)=O)cc1. The largest absolute Gasteiger partial charge is 0.493 e. The Morgan fingerprint density at radius 1 is 1.00 bits per heavy atom. The molecule has 25 heavy (non-hydrogen) atoms. The summed E-state index contributed by atoms with van der Waals surface area (Å²) in [5.74, 6) is -0.180. The first-order chi connectivity index (χ1) is 12.1. The van der Waals surface area contributed by atoms with Crippen molar-refractivity contribution in [3.8, 4) is 5.75 Å². The van der Waals surface area contributed by atoms with Crippen LogP contribution in [-0.4, -0.2) is 18.4 Å². The monoisotopic (exact) mass is 340 g/mol. The molecule has 2 aromatic rings. The molecule has 0 aliphatic carbocycles. The summed E-state index contributed by atoms with van der Waals surface area (Å²) in [6, 6.07) is 13.6. The molecule has 0 aliphatic heterocycles. The van der Waals surface area contributed by atoms with E-state index in [1.54, 1.807) is 42.5 Å². The van der Waals surface area contributed by atoms with Gasteiger partial charge in [0.1, 0.15) is 5.75 Å². The van der Waals surface area contributed by atoms with Gasteiger partial charge in [-0.2, -0.15) is 0 Å².